The molecule has 0 aliphatic carbocycles. The van der Waals surface area contributed by atoms with Gasteiger partial charge in [-0.1, -0.05) is 12.1 Å². The fourth-order valence-electron chi connectivity index (χ4n) is 2.19. The number of anilines is 1. The molecule has 2 aromatic heterocycles. The van der Waals surface area contributed by atoms with Crippen LogP contribution in [0.5, 0.6) is 0 Å². The van der Waals surface area contributed by atoms with Gasteiger partial charge in [0.25, 0.3) is 0 Å². The van der Waals surface area contributed by atoms with Gasteiger partial charge < -0.3 is 10.6 Å². The maximum atomic E-state index is 8.87. The van der Waals surface area contributed by atoms with Crippen LogP contribution in [0, 0.1) is 11.3 Å². The molecule has 0 aliphatic rings. The molecule has 1 unspecified atom stereocenters. The number of nitriles is 1. The van der Waals surface area contributed by atoms with Crippen molar-refractivity contribution in [2.24, 2.45) is 5.73 Å². The molecule has 0 amide bonds. The first-order chi connectivity index (χ1) is 10.2. The van der Waals surface area contributed by atoms with Crippen molar-refractivity contribution in [1.82, 2.24) is 9.97 Å². The Morgan fingerprint density at radius 1 is 1.33 bits per heavy atom. The molecule has 0 bridgehead atoms. The lowest BCUT2D eigenvalue weighted by atomic mass is 10.1. The van der Waals surface area contributed by atoms with Crippen LogP contribution in [0.1, 0.15) is 30.5 Å². The van der Waals surface area contributed by atoms with E-state index in [1.807, 2.05) is 37.4 Å². The Morgan fingerprint density at radius 3 is 2.81 bits per heavy atom. The summed E-state index contributed by atoms with van der Waals surface area (Å²) in [5.41, 5.74) is 8.10. The zero-order valence-electron chi connectivity index (χ0n) is 12.1. The molecule has 0 fully saturated rings. The van der Waals surface area contributed by atoms with E-state index >= 15 is 0 Å². The molecule has 0 radical (unpaired) electrons. The second kappa shape index (κ2) is 7.36. The van der Waals surface area contributed by atoms with Crippen LogP contribution in [0.2, 0.25) is 0 Å². The van der Waals surface area contributed by atoms with E-state index in [2.05, 4.69) is 20.9 Å². The summed E-state index contributed by atoms with van der Waals surface area (Å²) in [5.74, 6) is 0.839. The Labute approximate surface area is 125 Å². The minimum atomic E-state index is -0.104. The highest BCUT2D eigenvalue weighted by atomic mass is 15.2. The largest absolute Gasteiger partial charge is 0.351 e. The van der Waals surface area contributed by atoms with E-state index in [-0.39, 0.29) is 6.04 Å². The van der Waals surface area contributed by atoms with Gasteiger partial charge in [0.2, 0.25) is 0 Å². The second-order valence-electron chi connectivity index (χ2n) is 4.90. The molecule has 5 heteroatoms. The molecule has 2 heterocycles. The smallest absolute Gasteiger partial charge is 0.133 e. The fraction of sp³-hybridized carbons (Fsp3) is 0.312. The zero-order chi connectivity index (χ0) is 15.1. The van der Waals surface area contributed by atoms with Crippen molar-refractivity contribution >= 4 is 5.82 Å². The highest BCUT2D eigenvalue weighted by Crippen LogP contribution is 2.24. The molecule has 21 heavy (non-hydrogen) atoms. The highest BCUT2D eigenvalue weighted by molar-refractivity contribution is 5.48. The summed E-state index contributed by atoms with van der Waals surface area (Å²) in [6.45, 7) is 3.21. The third-order valence-electron chi connectivity index (χ3n) is 3.20. The quantitative estimate of drug-likeness (QED) is 0.879. The second-order valence-corrected chi connectivity index (χ2v) is 4.90. The molecule has 0 spiro atoms. The molecule has 2 N–H and O–H groups in total. The predicted molar refractivity (Wildman–Crippen MR) is 82.4 cm³/mol. The lowest BCUT2D eigenvalue weighted by Crippen LogP contribution is -2.27. The lowest BCUT2D eigenvalue weighted by Gasteiger charge is -2.26. The maximum Gasteiger partial charge on any atom is 0.133 e. The predicted octanol–water partition coefficient (Wildman–Crippen LogP) is 2.42. The molecule has 0 saturated carbocycles. The topological polar surface area (TPSA) is 78.8 Å². The highest BCUT2D eigenvalue weighted by Gasteiger charge is 2.15. The molecular formula is C16H19N5. The Kier molecular flexibility index (Phi) is 5.24. The van der Waals surface area contributed by atoms with Crippen molar-refractivity contribution in [2.75, 3.05) is 11.4 Å². The van der Waals surface area contributed by atoms with Crippen LogP contribution in [0.4, 0.5) is 5.82 Å². The van der Waals surface area contributed by atoms with Gasteiger partial charge in [-0.15, -0.1) is 0 Å². The van der Waals surface area contributed by atoms with Crippen LogP contribution in [0.25, 0.3) is 0 Å². The molecule has 0 aromatic carbocycles. The van der Waals surface area contributed by atoms with Gasteiger partial charge in [0.15, 0.2) is 0 Å². The molecule has 0 aliphatic heterocycles. The van der Waals surface area contributed by atoms with Crippen molar-refractivity contribution < 1.29 is 0 Å². The number of pyridine rings is 2. The number of aromatic nitrogens is 2. The molecule has 2 aromatic rings. The summed E-state index contributed by atoms with van der Waals surface area (Å²) >= 11 is 0. The van der Waals surface area contributed by atoms with Gasteiger partial charge in [-0.2, -0.15) is 5.26 Å². The number of hydrogen-bond donors (Lipinski definition) is 1. The van der Waals surface area contributed by atoms with E-state index in [0.717, 1.165) is 16.9 Å². The van der Waals surface area contributed by atoms with E-state index in [9.17, 15) is 0 Å². The minimum Gasteiger partial charge on any atom is -0.351 e. The van der Waals surface area contributed by atoms with Crippen LogP contribution < -0.4 is 10.6 Å². The van der Waals surface area contributed by atoms with Gasteiger partial charge in [0.1, 0.15) is 5.82 Å². The first-order valence-electron chi connectivity index (χ1n) is 6.93. The van der Waals surface area contributed by atoms with Crippen LogP contribution in [0.3, 0.4) is 0 Å². The lowest BCUT2D eigenvalue weighted by molar-refractivity contribution is 0.745. The summed E-state index contributed by atoms with van der Waals surface area (Å²) in [6.07, 6.45) is 5.77. The van der Waals surface area contributed by atoms with E-state index < -0.39 is 0 Å². The van der Waals surface area contributed by atoms with Crippen LogP contribution in [-0.4, -0.2) is 16.5 Å². The fourth-order valence-corrected chi connectivity index (χ4v) is 2.19. The van der Waals surface area contributed by atoms with Gasteiger partial charge in [0, 0.05) is 43.3 Å². The third-order valence-corrected chi connectivity index (χ3v) is 3.20. The Hall–Kier alpha value is -2.45. The van der Waals surface area contributed by atoms with Crippen molar-refractivity contribution in [3.05, 3.63) is 54.0 Å². The SMILES string of the molecule is CC(N)c1cccnc1N(CCC#N)Cc1cccnc1. The zero-order valence-corrected chi connectivity index (χ0v) is 12.1. The number of nitrogens with two attached hydrogens (primary N) is 1. The number of hydrogen-bond acceptors (Lipinski definition) is 5. The van der Waals surface area contributed by atoms with Gasteiger partial charge in [-0.3, -0.25) is 4.98 Å². The summed E-state index contributed by atoms with van der Waals surface area (Å²) in [7, 11) is 0. The monoisotopic (exact) mass is 281 g/mol. The van der Waals surface area contributed by atoms with Crippen LogP contribution in [0.15, 0.2) is 42.9 Å². The molecule has 108 valence electrons. The number of nitrogens with zero attached hydrogens (tertiary/aromatic N) is 4. The van der Waals surface area contributed by atoms with Crippen LogP contribution in [-0.2, 0) is 6.54 Å². The van der Waals surface area contributed by atoms with Crippen molar-refractivity contribution in [3.8, 4) is 6.07 Å². The molecule has 2 rings (SSSR count). The van der Waals surface area contributed by atoms with Gasteiger partial charge in [-0.25, -0.2) is 4.98 Å². The number of rotatable bonds is 6. The average Bonchev–Trinajstić information content (AvgIpc) is 2.52. The first kappa shape index (κ1) is 14.9. The van der Waals surface area contributed by atoms with Gasteiger partial charge in [-0.05, 0) is 24.6 Å². The summed E-state index contributed by atoms with van der Waals surface area (Å²) in [6, 6.07) is 9.87. The molecule has 5 nitrogen and oxygen atoms in total. The van der Waals surface area contributed by atoms with Crippen LogP contribution >= 0.6 is 0 Å². The first-order valence-corrected chi connectivity index (χ1v) is 6.93. The average molecular weight is 281 g/mol. The Bertz CT molecular complexity index is 604. The molecule has 0 saturated heterocycles. The van der Waals surface area contributed by atoms with E-state index in [4.69, 9.17) is 11.0 Å². The van der Waals surface area contributed by atoms with Crippen molar-refractivity contribution in [2.45, 2.75) is 25.9 Å². The normalized spacial score (nSPS) is 11.7. The molecular weight excluding hydrogens is 262 g/mol. The van der Waals surface area contributed by atoms with E-state index in [0.29, 0.717) is 19.5 Å². The Balaban J connectivity index is 2.30. The standard InChI is InChI=1S/C16H19N5/c1-13(18)15-6-3-9-20-16(15)21(10-4-7-17)12-14-5-2-8-19-11-14/h2-3,5-6,8-9,11,13H,4,10,12,18H2,1H3. The van der Waals surface area contributed by atoms with Gasteiger partial charge in [0.05, 0.1) is 12.5 Å². The summed E-state index contributed by atoms with van der Waals surface area (Å²) in [4.78, 5) is 10.7. The summed E-state index contributed by atoms with van der Waals surface area (Å²) in [5, 5.41) is 8.87. The van der Waals surface area contributed by atoms with Crippen molar-refractivity contribution in [3.63, 3.8) is 0 Å². The third kappa shape index (κ3) is 4.01. The minimum absolute atomic E-state index is 0.104. The van der Waals surface area contributed by atoms with E-state index in [1.54, 1.807) is 12.4 Å². The van der Waals surface area contributed by atoms with Gasteiger partial charge >= 0.3 is 0 Å². The van der Waals surface area contributed by atoms with E-state index in [1.165, 1.54) is 0 Å². The molecule has 1 atom stereocenters. The van der Waals surface area contributed by atoms with Crippen molar-refractivity contribution in [1.29, 1.82) is 5.26 Å². The summed E-state index contributed by atoms with van der Waals surface area (Å²) < 4.78 is 0. The maximum absolute atomic E-state index is 8.87. The Morgan fingerprint density at radius 2 is 2.14 bits per heavy atom.